The third kappa shape index (κ3) is 4.55. The number of rotatable bonds is 5. The summed E-state index contributed by atoms with van der Waals surface area (Å²) in [5.74, 6) is -0.767. The predicted molar refractivity (Wildman–Crippen MR) is 83.6 cm³/mol. The summed E-state index contributed by atoms with van der Waals surface area (Å²) in [6, 6.07) is 11.8. The molecule has 0 saturated carbocycles. The Morgan fingerprint density at radius 1 is 1.18 bits per heavy atom. The van der Waals surface area contributed by atoms with Crippen LogP contribution in [0.1, 0.15) is 0 Å². The Labute approximate surface area is 131 Å². The number of carbonyl (C=O) groups is 1. The van der Waals surface area contributed by atoms with Crippen LogP contribution < -0.4 is 10.5 Å². The van der Waals surface area contributed by atoms with Crippen molar-refractivity contribution >= 4 is 33.4 Å². The highest BCUT2D eigenvalue weighted by atomic mass is 32.2. The number of halogens is 1. The maximum atomic E-state index is 13.4. The van der Waals surface area contributed by atoms with Crippen LogP contribution in [-0.4, -0.2) is 20.1 Å². The number of sulfonamides is 1. The second-order valence-electron chi connectivity index (χ2n) is 4.34. The summed E-state index contributed by atoms with van der Waals surface area (Å²) < 4.78 is 35.9. The van der Waals surface area contributed by atoms with E-state index in [2.05, 4.69) is 5.32 Å². The smallest absolute Gasteiger partial charge is 0.238 e. The van der Waals surface area contributed by atoms with Gasteiger partial charge < -0.3 is 5.32 Å². The molecule has 2 aromatic carbocycles. The topological polar surface area (TPSA) is 89.3 Å². The van der Waals surface area contributed by atoms with Gasteiger partial charge in [-0.2, -0.15) is 0 Å². The molecule has 0 fully saturated rings. The van der Waals surface area contributed by atoms with Gasteiger partial charge in [0.25, 0.3) is 0 Å². The minimum atomic E-state index is -3.83. The number of thioether (sulfide) groups is 1. The zero-order chi connectivity index (χ0) is 16.2. The average molecular weight is 340 g/mol. The number of hydrogen-bond acceptors (Lipinski definition) is 4. The van der Waals surface area contributed by atoms with Gasteiger partial charge in [0.15, 0.2) is 0 Å². The first kappa shape index (κ1) is 16.5. The lowest BCUT2D eigenvalue weighted by Crippen LogP contribution is -2.16. The molecule has 0 atom stereocenters. The van der Waals surface area contributed by atoms with Crippen molar-refractivity contribution in [3.63, 3.8) is 0 Å². The van der Waals surface area contributed by atoms with E-state index in [1.165, 1.54) is 24.3 Å². The first-order valence-corrected chi connectivity index (χ1v) is 8.69. The second kappa shape index (κ2) is 6.91. The first-order chi connectivity index (χ1) is 10.4. The van der Waals surface area contributed by atoms with E-state index in [4.69, 9.17) is 5.14 Å². The number of nitrogens with one attached hydrogen (secondary N) is 1. The Balaban J connectivity index is 2.00. The van der Waals surface area contributed by atoms with Crippen molar-refractivity contribution in [1.29, 1.82) is 0 Å². The average Bonchev–Trinajstić information content (AvgIpc) is 2.46. The highest BCUT2D eigenvalue weighted by molar-refractivity contribution is 8.00. The fourth-order valence-electron chi connectivity index (χ4n) is 1.65. The van der Waals surface area contributed by atoms with Gasteiger partial charge in [-0.05, 0) is 30.3 Å². The Morgan fingerprint density at radius 3 is 2.59 bits per heavy atom. The fraction of sp³-hybridized carbons (Fsp3) is 0.0714. The molecule has 0 bridgehead atoms. The number of nitrogens with two attached hydrogens (primary N) is 1. The molecule has 116 valence electrons. The van der Waals surface area contributed by atoms with Crippen LogP contribution in [0.25, 0.3) is 0 Å². The minimum Gasteiger partial charge on any atom is -0.325 e. The molecular weight excluding hydrogens is 327 g/mol. The summed E-state index contributed by atoms with van der Waals surface area (Å²) >= 11 is 1.05. The number of amides is 1. The number of carbonyl (C=O) groups excluding carboxylic acids is 1. The lowest BCUT2D eigenvalue weighted by atomic mass is 10.3. The summed E-state index contributed by atoms with van der Waals surface area (Å²) in [6.45, 7) is 0. The monoisotopic (exact) mass is 340 g/mol. The Morgan fingerprint density at radius 2 is 1.91 bits per heavy atom. The molecule has 2 rings (SSSR count). The highest BCUT2D eigenvalue weighted by Gasteiger charge is 2.10. The molecule has 2 aromatic rings. The molecule has 0 aliphatic rings. The van der Waals surface area contributed by atoms with Crippen molar-refractivity contribution in [2.24, 2.45) is 5.14 Å². The summed E-state index contributed by atoms with van der Waals surface area (Å²) in [6.07, 6.45) is 0. The molecule has 0 spiro atoms. The Kier molecular flexibility index (Phi) is 5.17. The molecule has 22 heavy (non-hydrogen) atoms. The van der Waals surface area contributed by atoms with Gasteiger partial charge in [0.1, 0.15) is 5.82 Å². The van der Waals surface area contributed by atoms with E-state index in [9.17, 15) is 17.6 Å². The van der Waals surface area contributed by atoms with Gasteiger partial charge in [0.2, 0.25) is 15.9 Å². The van der Waals surface area contributed by atoms with Crippen LogP contribution in [0.2, 0.25) is 0 Å². The number of hydrogen-bond donors (Lipinski definition) is 2. The Bertz CT molecular complexity index is 794. The van der Waals surface area contributed by atoms with Crippen LogP contribution >= 0.6 is 11.8 Å². The maximum absolute atomic E-state index is 13.4. The molecule has 5 nitrogen and oxygen atoms in total. The summed E-state index contributed by atoms with van der Waals surface area (Å²) in [4.78, 5) is 12.1. The SMILES string of the molecule is NS(=O)(=O)c1cccc(NC(=O)CSc2ccccc2F)c1. The van der Waals surface area contributed by atoms with Gasteiger partial charge in [0.05, 0.1) is 10.6 Å². The van der Waals surface area contributed by atoms with Gasteiger partial charge >= 0.3 is 0 Å². The summed E-state index contributed by atoms with van der Waals surface area (Å²) in [5, 5.41) is 7.56. The van der Waals surface area contributed by atoms with E-state index in [0.717, 1.165) is 11.8 Å². The molecule has 8 heteroatoms. The molecule has 0 saturated heterocycles. The van der Waals surface area contributed by atoms with Gasteiger partial charge in [-0.15, -0.1) is 11.8 Å². The maximum Gasteiger partial charge on any atom is 0.238 e. The third-order valence-electron chi connectivity index (χ3n) is 2.64. The Hall–Kier alpha value is -1.90. The highest BCUT2D eigenvalue weighted by Crippen LogP contribution is 2.21. The zero-order valence-electron chi connectivity index (χ0n) is 11.3. The van der Waals surface area contributed by atoms with E-state index < -0.39 is 15.8 Å². The largest absolute Gasteiger partial charge is 0.325 e. The summed E-state index contributed by atoms with van der Waals surface area (Å²) in [7, 11) is -3.83. The van der Waals surface area contributed by atoms with Crippen molar-refractivity contribution in [2.45, 2.75) is 9.79 Å². The molecule has 0 unspecified atom stereocenters. The molecular formula is C14H13FN2O3S2. The van der Waals surface area contributed by atoms with Crippen LogP contribution in [0.4, 0.5) is 10.1 Å². The van der Waals surface area contributed by atoms with Gasteiger partial charge in [-0.3, -0.25) is 4.79 Å². The zero-order valence-corrected chi connectivity index (χ0v) is 13.0. The quantitative estimate of drug-likeness (QED) is 0.817. The normalized spacial score (nSPS) is 11.2. The molecule has 0 aliphatic carbocycles. The number of anilines is 1. The van der Waals surface area contributed by atoms with E-state index in [1.807, 2.05) is 0 Å². The molecule has 0 aliphatic heterocycles. The standard InChI is InChI=1S/C14H13FN2O3S2/c15-12-6-1-2-7-13(12)21-9-14(18)17-10-4-3-5-11(8-10)22(16,19)20/h1-8H,9H2,(H,17,18)(H2,16,19,20). The minimum absolute atomic E-state index is 0.000532. The van der Waals surface area contributed by atoms with E-state index in [0.29, 0.717) is 10.6 Å². The molecule has 3 N–H and O–H groups in total. The van der Waals surface area contributed by atoms with Crippen molar-refractivity contribution in [3.8, 4) is 0 Å². The van der Waals surface area contributed by atoms with Gasteiger partial charge in [0, 0.05) is 10.6 Å². The molecule has 0 radical (unpaired) electrons. The van der Waals surface area contributed by atoms with Crippen LogP contribution in [0.15, 0.2) is 58.3 Å². The van der Waals surface area contributed by atoms with Crippen molar-refractivity contribution < 1.29 is 17.6 Å². The van der Waals surface area contributed by atoms with Crippen molar-refractivity contribution in [1.82, 2.24) is 0 Å². The predicted octanol–water partition coefficient (Wildman–Crippen LogP) is 2.20. The van der Waals surface area contributed by atoms with Gasteiger partial charge in [-0.25, -0.2) is 17.9 Å². The van der Waals surface area contributed by atoms with E-state index in [-0.39, 0.29) is 16.6 Å². The molecule has 0 aromatic heterocycles. The summed E-state index contributed by atoms with van der Waals surface area (Å²) in [5.41, 5.74) is 0.311. The van der Waals surface area contributed by atoms with Gasteiger partial charge in [-0.1, -0.05) is 18.2 Å². The second-order valence-corrected chi connectivity index (χ2v) is 6.92. The third-order valence-corrected chi connectivity index (χ3v) is 4.60. The lowest BCUT2D eigenvalue weighted by Gasteiger charge is -2.07. The van der Waals surface area contributed by atoms with Crippen LogP contribution in [0.5, 0.6) is 0 Å². The lowest BCUT2D eigenvalue weighted by molar-refractivity contribution is -0.113. The first-order valence-electron chi connectivity index (χ1n) is 6.16. The molecule has 0 heterocycles. The fourth-order valence-corrected chi connectivity index (χ4v) is 2.95. The van der Waals surface area contributed by atoms with Crippen LogP contribution in [0, 0.1) is 5.82 Å². The van der Waals surface area contributed by atoms with Crippen LogP contribution in [-0.2, 0) is 14.8 Å². The van der Waals surface area contributed by atoms with E-state index in [1.54, 1.807) is 24.3 Å². The van der Waals surface area contributed by atoms with Crippen molar-refractivity contribution in [2.75, 3.05) is 11.1 Å². The van der Waals surface area contributed by atoms with E-state index >= 15 is 0 Å². The molecule has 1 amide bonds. The number of primary sulfonamides is 1. The van der Waals surface area contributed by atoms with Crippen LogP contribution in [0.3, 0.4) is 0 Å². The van der Waals surface area contributed by atoms with Crippen molar-refractivity contribution in [3.05, 3.63) is 54.3 Å². The number of benzene rings is 2.